The Labute approximate surface area is 192 Å². The van der Waals surface area contributed by atoms with E-state index in [1.165, 1.54) is 0 Å². The van der Waals surface area contributed by atoms with Gasteiger partial charge in [0, 0.05) is 22.8 Å². The van der Waals surface area contributed by atoms with Gasteiger partial charge in [-0.05, 0) is 72.4 Å². The van der Waals surface area contributed by atoms with Crippen molar-refractivity contribution < 1.29 is 14.6 Å². The standard InChI is InChI=1S/C24H24Cl2N2O3/c25-20-13-19(14-21(26)16-20)18(15-24(29)30)12-17-5-7-22(8-6-17)31-11-3-10-28-23-4-1-2-9-27-23/h1-2,4-9,13-14,16,18H,3,10-12,15H2,(H,27,28)(H,29,30). The summed E-state index contributed by atoms with van der Waals surface area (Å²) in [4.78, 5) is 15.6. The summed E-state index contributed by atoms with van der Waals surface area (Å²) in [5.74, 6) is 0.546. The molecule has 0 amide bonds. The van der Waals surface area contributed by atoms with Crippen LogP contribution in [0, 0.1) is 0 Å². The Morgan fingerprint density at radius 3 is 2.45 bits per heavy atom. The Bertz CT molecular complexity index is 962. The fourth-order valence-corrected chi connectivity index (χ4v) is 3.82. The SMILES string of the molecule is O=C(O)CC(Cc1ccc(OCCCNc2ccccn2)cc1)c1cc(Cl)cc(Cl)c1. The van der Waals surface area contributed by atoms with E-state index in [0.29, 0.717) is 23.1 Å². The fourth-order valence-electron chi connectivity index (χ4n) is 3.28. The zero-order chi connectivity index (χ0) is 22.1. The van der Waals surface area contributed by atoms with Crippen LogP contribution in [0.25, 0.3) is 0 Å². The molecule has 0 aliphatic heterocycles. The van der Waals surface area contributed by atoms with Crippen LogP contribution >= 0.6 is 23.2 Å². The Hall–Kier alpha value is -2.76. The van der Waals surface area contributed by atoms with Gasteiger partial charge in [-0.1, -0.05) is 41.4 Å². The van der Waals surface area contributed by atoms with E-state index in [2.05, 4.69) is 10.3 Å². The molecule has 0 saturated heterocycles. The molecule has 0 fully saturated rings. The van der Waals surface area contributed by atoms with Crippen molar-refractivity contribution in [2.45, 2.75) is 25.2 Å². The number of nitrogens with zero attached hydrogens (tertiary/aromatic N) is 1. The second kappa shape index (κ2) is 11.6. The highest BCUT2D eigenvalue weighted by Gasteiger charge is 2.17. The number of aromatic nitrogens is 1. The summed E-state index contributed by atoms with van der Waals surface area (Å²) in [5, 5.41) is 13.6. The molecular weight excluding hydrogens is 435 g/mol. The van der Waals surface area contributed by atoms with Crippen LogP contribution in [0.15, 0.2) is 66.9 Å². The van der Waals surface area contributed by atoms with Gasteiger partial charge in [0.15, 0.2) is 0 Å². The highest BCUT2D eigenvalue weighted by molar-refractivity contribution is 6.34. The monoisotopic (exact) mass is 458 g/mol. The zero-order valence-corrected chi connectivity index (χ0v) is 18.4. The lowest BCUT2D eigenvalue weighted by Crippen LogP contribution is -2.10. The molecule has 0 bridgehead atoms. The van der Waals surface area contributed by atoms with Crippen molar-refractivity contribution in [3.8, 4) is 5.75 Å². The summed E-state index contributed by atoms with van der Waals surface area (Å²) in [6, 6.07) is 18.7. The minimum absolute atomic E-state index is 0.00179. The van der Waals surface area contributed by atoms with Crippen molar-refractivity contribution in [2.75, 3.05) is 18.5 Å². The molecule has 31 heavy (non-hydrogen) atoms. The predicted octanol–water partition coefficient (Wildman–Crippen LogP) is 6.07. The normalized spacial score (nSPS) is 11.7. The number of pyridine rings is 1. The Kier molecular flexibility index (Phi) is 8.56. The summed E-state index contributed by atoms with van der Waals surface area (Å²) in [7, 11) is 0. The van der Waals surface area contributed by atoms with Gasteiger partial charge in [0.05, 0.1) is 13.0 Å². The van der Waals surface area contributed by atoms with Gasteiger partial charge in [0.25, 0.3) is 0 Å². The first-order valence-electron chi connectivity index (χ1n) is 10.0. The van der Waals surface area contributed by atoms with E-state index in [9.17, 15) is 9.90 Å². The lowest BCUT2D eigenvalue weighted by molar-refractivity contribution is -0.137. The summed E-state index contributed by atoms with van der Waals surface area (Å²) in [6.07, 6.45) is 3.16. The van der Waals surface area contributed by atoms with Crippen molar-refractivity contribution in [1.82, 2.24) is 4.98 Å². The Morgan fingerprint density at radius 1 is 1.06 bits per heavy atom. The Morgan fingerprint density at radius 2 is 1.81 bits per heavy atom. The number of carboxylic acid groups (broad SMARTS) is 1. The maximum atomic E-state index is 11.4. The number of carbonyl (C=O) groups is 1. The van der Waals surface area contributed by atoms with Gasteiger partial charge in [-0.15, -0.1) is 0 Å². The molecule has 162 valence electrons. The number of hydrogen-bond acceptors (Lipinski definition) is 4. The third-order valence-electron chi connectivity index (χ3n) is 4.74. The molecule has 0 spiro atoms. The van der Waals surface area contributed by atoms with Crippen LogP contribution in [0.2, 0.25) is 10.0 Å². The minimum atomic E-state index is -0.861. The van der Waals surface area contributed by atoms with Crippen molar-refractivity contribution in [2.24, 2.45) is 0 Å². The zero-order valence-electron chi connectivity index (χ0n) is 16.9. The van der Waals surface area contributed by atoms with Crippen molar-refractivity contribution in [1.29, 1.82) is 0 Å². The molecule has 0 aliphatic rings. The number of ether oxygens (including phenoxy) is 1. The molecule has 1 unspecified atom stereocenters. The second-order valence-electron chi connectivity index (χ2n) is 7.19. The molecule has 0 saturated carbocycles. The van der Waals surface area contributed by atoms with Crippen LogP contribution in [0.1, 0.15) is 29.9 Å². The molecule has 2 N–H and O–H groups in total. The van der Waals surface area contributed by atoms with Crippen molar-refractivity contribution in [3.63, 3.8) is 0 Å². The first-order chi connectivity index (χ1) is 15.0. The molecule has 1 atom stereocenters. The number of rotatable bonds is 11. The van der Waals surface area contributed by atoms with Gasteiger partial charge in [-0.2, -0.15) is 0 Å². The molecule has 7 heteroatoms. The van der Waals surface area contributed by atoms with E-state index < -0.39 is 5.97 Å². The van der Waals surface area contributed by atoms with Gasteiger partial charge in [-0.25, -0.2) is 4.98 Å². The number of nitrogens with one attached hydrogen (secondary N) is 1. The molecule has 5 nitrogen and oxygen atoms in total. The average molecular weight is 459 g/mol. The lowest BCUT2D eigenvalue weighted by atomic mass is 9.89. The van der Waals surface area contributed by atoms with Crippen LogP contribution in [0.3, 0.4) is 0 Å². The number of hydrogen-bond donors (Lipinski definition) is 2. The van der Waals surface area contributed by atoms with E-state index in [4.69, 9.17) is 27.9 Å². The van der Waals surface area contributed by atoms with E-state index in [-0.39, 0.29) is 12.3 Å². The average Bonchev–Trinajstić information content (AvgIpc) is 2.74. The number of aliphatic carboxylic acids is 1. The van der Waals surface area contributed by atoms with Crippen LogP contribution < -0.4 is 10.1 Å². The van der Waals surface area contributed by atoms with Gasteiger partial charge in [-0.3, -0.25) is 4.79 Å². The molecular formula is C24H24Cl2N2O3. The topological polar surface area (TPSA) is 71.5 Å². The largest absolute Gasteiger partial charge is 0.494 e. The maximum Gasteiger partial charge on any atom is 0.303 e. The molecule has 3 aromatic rings. The van der Waals surface area contributed by atoms with E-state index in [0.717, 1.165) is 35.7 Å². The summed E-state index contributed by atoms with van der Waals surface area (Å²) < 4.78 is 5.80. The number of carboxylic acids is 1. The van der Waals surface area contributed by atoms with Crippen LogP contribution in [-0.4, -0.2) is 29.2 Å². The summed E-state index contributed by atoms with van der Waals surface area (Å²) in [6.45, 7) is 1.36. The lowest BCUT2D eigenvalue weighted by Gasteiger charge is -2.17. The van der Waals surface area contributed by atoms with Crippen LogP contribution in [0.5, 0.6) is 5.75 Å². The second-order valence-corrected chi connectivity index (χ2v) is 8.06. The number of anilines is 1. The first kappa shape index (κ1) is 22.9. The number of halogens is 2. The maximum absolute atomic E-state index is 11.4. The van der Waals surface area contributed by atoms with Crippen LogP contribution in [-0.2, 0) is 11.2 Å². The van der Waals surface area contributed by atoms with E-state index in [1.807, 2.05) is 42.5 Å². The van der Waals surface area contributed by atoms with Gasteiger partial charge in [0.2, 0.25) is 0 Å². The highest BCUT2D eigenvalue weighted by atomic mass is 35.5. The predicted molar refractivity (Wildman–Crippen MR) is 124 cm³/mol. The van der Waals surface area contributed by atoms with Crippen LogP contribution in [0.4, 0.5) is 5.82 Å². The third kappa shape index (κ3) is 7.78. The van der Waals surface area contributed by atoms with E-state index >= 15 is 0 Å². The summed E-state index contributed by atoms with van der Waals surface area (Å²) in [5.41, 5.74) is 1.84. The van der Waals surface area contributed by atoms with Crippen molar-refractivity contribution in [3.05, 3.63) is 88.0 Å². The van der Waals surface area contributed by atoms with Gasteiger partial charge < -0.3 is 15.2 Å². The molecule has 3 rings (SSSR count). The quantitative estimate of drug-likeness (QED) is 0.341. The number of benzene rings is 2. The summed E-state index contributed by atoms with van der Waals surface area (Å²) >= 11 is 12.2. The molecule has 0 aliphatic carbocycles. The molecule has 1 aromatic heterocycles. The van der Waals surface area contributed by atoms with Gasteiger partial charge in [0.1, 0.15) is 11.6 Å². The molecule has 2 aromatic carbocycles. The third-order valence-corrected chi connectivity index (χ3v) is 5.18. The first-order valence-corrected chi connectivity index (χ1v) is 10.8. The van der Waals surface area contributed by atoms with E-state index in [1.54, 1.807) is 24.4 Å². The van der Waals surface area contributed by atoms with Crippen molar-refractivity contribution >= 4 is 35.0 Å². The van der Waals surface area contributed by atoms with Gasteiger partial charge >= 0.3 is 5.97 Å². The molecule has 0 radical (unpaired) electrons. The Balaban J connectivity index is 1.52. The fraction of sp³-hybridized carbons (Fsp3) is 0.250. The smallest absolute Gasteiger partial charge is 0.303 e. The minimum Gasteiger partial charge on any atom is -0.494 e. The molecule has 1 heterocycles. The highest BCUT2D eigenvalue weighted by Crippen LogP contribution is 2.30.